The molecule has 6 amide bonds. The van der Waals surface area contributed by atoms with Crippen molar-refractivity contribution in [1.82, 2.24) is 0 Å². The predicted octanol–water partition coefficient (Wildman–Crippen LogP) is 29.3. The maximum Gasteiger partial charge on any atom is 0.309 e. The third-order valence-electron chi connectivity index (χ3n) is 23.1. The molecule has 1 aliphatic rings. The minimum atomic E-state index is -0.502. The Bertz CT molecular complexity index is 6140. The van der Waals surface area contributed by atoms with Gasteiger partial charge in [0.1, 0.15) is 79.9 Å². The third-order valence-corrected chi connectivity index (χ3v) is 26.2. The number of hydroxylamine groups is 6. The topological polar surface area (TPSA) is 328 Å². The summed E-state index contributed by atoms with van der Waals surface area (Å²) in [5, 5.41) is 71.9. The lowest BCUT2D eigenvalue weighted by atomic mass is 10.0. The molecule has 32 heteroatoms. The molecule has 0 bridgehead atoms. The number of amides is 6. The number of aliphatic hydroxyl groups excluding tert-OH is 1. The molecule has 0 spiro atoms. The number of aliphatic hydroxyl groups is 1. The number of hydrogen-bond donors (Lipinski definition) is 7. The standard InChI is InChI=1S/C20H23NO3S.C19H23NO4S.C19H23NO3S.C18H21NO4S.2C18H21NO3S/c1-13-7-10-19(14(2)11-13)24-12-17-16(15-8-9-15)5-4-6-18(17)21(23)20(22)25-3;1-5-23-18-8-6-7-16(20(22)19(21)25-4)15(18)12-24-17-10-9-13(2)11-14(17)3;1-5-15-7-6-8-17(20(22)19(21)24-4)16(15)12-23-18-10-9-13(2)11-14(18)3;1-12-7-8-17(13(2)9-12)23-11-15-14(10-20)5-4-6-16(15)19(22)18(21)24-3;2*1-12-8-9-17(14(3)10-12)22-11-15-13(2)6-5-7-16(15)19(21)18(20)23-4/h4-7,10-11,15,23H,8-9,12H2,1-3H3;6-11,22H,5,12H2,1-4H3;6-11,22H,5,12H2,1-4H3;4-9,20,22H,10-11H2,1-3H3;2*5-10,21H,11H2,1-4H3. The van der Waals surface area contributed by atoms with Gasteiger partial charge in [-0.1, -0.05) is 250 Å². The largest absolute Gasteiger partial charge is 0.493 e. The first-order valence-electron chi connectivity index (χ1n) is 46.3. The van der Waals surface area contributed by atoms with E-state index in [-0.39, 0.29) is 33.0 Å². The van der Waals surface area contributed by atoms with Gasteiger partial charge in [-0.05, 0) is 307 Å². The number of hydrogen-bond acceptors (Lipinski definition) is 26. The van der Waals surface area contributed by atoms with Crippen LogP contribution >= 0.6 is 70.6 Å². The van der Waals surface area contributed by atoms with E-state index >= 15 is 0 Å². The van der Waals surface area contributed by atoms with Crippen molar-refractivity contribution in [1.29, 1.82) is 0 Å². The fraction of sp³-hybridized carbons (Fsp3) is 0.304. The van der Waals surface area contributed by atoms with Crippen molar-refractivity contribution >= 4 is 136 Å². The number of carbonyl (C=O) groups is 6. The first-order chi connectivity index (χ1) is 68.8. The van der Waals surface area contributed by atoms with E-state index in [2.05, 4.69) is 37.3 Å². The van der Waals surface area contributed by atoms with Crippen molar-refractivity contribution in [2.45, 2.75) is 182 Å². The van der Waals surface area contributed by atoms with Gasteiger partial charge in [0, 0.05) is 27.8 Å². The number of carbonyl (C=O) groups excluding carboxylic acids is 6. The zero-order valence-corrected chi connectivity index (χ0v) is 90.6. The fourth-order valence-corrected chi connectivity index (χ4v) is 16.9. The minimum absolute atomic E-state index is 0.134. The van der Waals surface area contributed by atoms with Crippen molar-refractivity contribution in [3.8, 4) is 40.2 Å². The Kier molecular flexibility index (Phi) is 47.3. The highest BCUT2D eigenvalue weighted by atomic mass is 32.2. The molecule has 144 heavy (non-hydrogen) atoms. The second-order valence-corrected chi connectivity index (χ2v) is 38.4. The van der Waals surface area contributed by atoms with Gasteiger partial charge in [0.05, 0.1) is 52.9 Å². The van der Waals surface area contributed by atoms with Crippen LogP contribution in [0.15, 0.2) is 218 Å². The van der Waals surface area contributed by atoms with Gasteiger partial charge in [0.25, 0.3) is 0 Å². The van der Waals surface area contributed by atoms with Crippen LogP contribution in [0.2, 0.25) is 0 Å². The van der Waals surface area contributed by atoms with Gasteiger partial charge in [0.15, 0.2) is 0 Å². The molecule has 12 aromatic carbocycles. The monoisotopic (exact) mass is 2070 g/mol. The van der Waals surface area contributed by atoms with Crippen LogP contribution < -0.4 is 63.5 Å². The minimum Gasteiger partial charge on any atom is -0.493 e. The van der Waals surface area contributed by atoms with Gasteiger partial charge in [-0.25, -0.2) is 0 Å². The van der Waals surface area contributed by atoms with Crippen LogP contribution in [0.3, 0.4) is 0 Å². The molecule has 13 rings (SSSR count). The van der Waals surface area contributed by atoms with Gasteiger partial charge >= 0.3 is 31.4 Å². The van der Waals surface area contributed by atoms with Crippen LogP contribution in [-0.2, 0) is 52.7 Å². The third kappa shape index (κ3) is 33.5. The molecule has 0 atom stereocenters. The molecule has 766 valence electrons. The van der Waals surface area contributed by atoms with Crippen molar-refractivity contribution in [3.05, 3.63) is 346 Å². The summed E-state index contributed by atoms with van der Waals surface area (Å²) < 4.78 is 41.3. The molecular weight excluding hydrogens is 1940 g/mol. The first kappa shape index (κ1) is 117. The second-order valence-electron chi connectivity index (χ2n) is 33.8. The molecule has 0 heterocycles. The summed E-state index contributed by atoms with van der Waals surface area (Å²) in [5.41, 5.74) is 25.1. The number of ether oxygens (including phenoxy) is 7. The Hall–Kier alpha value is -12.1. The highest BCUT2D eigenvalue weighted by molar-refractivity contribution is 8.14. The molecule has 0 aliphatic heterocycles. The smallest absolute Gasteiger partial charge is 0.309 e. The number of aryl methyl sites for hydroxylation is 15. The van der Waals surface area contributed by atoms with E-state index in [0.29, 0.717) is 108 Å². The van der Waals surface area contributed by atoms with E-state index in [1.165, 1.54) is 22.3 Å². The van der Waals surface area contributed by atoms with Gasteiger partial charge in [0.2, 0.25) is 0 Å². The Morgan fingerprint density at radius 1 is 0.264 bits per heavy atom. The lowest BCUT2D eigenvalue weighted by Gasteiger charge is -2.21. The summed E-state index contributed by atoms with van der Waals surface area (Å²) in [6, 6.07) is 68.3. The molecule has 0 saturated heterocycles. The van der Waals surface area contributed by atoms with E-state index in [1.807, 2.05) is 231 Å². The molecular formula is C112H132N6O20S6. The first-order valence-corrected chi connectivity index (χ1v) is 53.6. The van der Waals surface area contributed by atoms with Crippen molar-refractivity contribution in [3.63, 3.8) is 0 Å². The van der Waals surface area contributed by atoms with E-state index in [4.69, 9.17) is 33.2 Å². The molecule has 1 fully saturated rings. The number of nitrogens with zero attached hydrogens (tertiary/aromatic N) is 6. The molecule has 1 aliphatic carbocycles. The van der Waals surface area contributed by atoms with Crippen molar-refractivity contribution in [2.24, 2.45) is 0 Å². The number of anilines is 6. The van der Waals surface area contributed by atoms with Crippen LogP contribution in [-0.4, -0.2) is 112 Å². The predicted molar refractivity (Wildman–Crippen MR) is 587 cm³/mol. The van der Waals surface area contributed by atoms with Gasteiger partial charge in [-0.3, -0.25) is 60.0 Å². The normalized spacial score (nSPS) is 11.0. The lowest BCUT2D eigenvalue weighted by Crippen LogP contribution is -2.24. The zero-order chi connectivity index (χ0) is 106. The Balaban J connectivity index is 0.000000211. The number of thioether (sulfide) groups is 6. The quantitative estimate of drug-likeness (QED) is 0.0169. The molecule has 7 N–H and O–H groups in total. The van der Waals surface area contributed by atoms with Crippen LogP contribution in [0, 0.1) is 96.9 Å². The summed E-state index contributed by atoms with van der Waals surface area (Å²) >= 11 is 5.69. The van der Waals surface area contributed by atoms with Gasteiger partial charge in [-0.2, -0.15) is 30.4 Å². The fourth-order valence-electron chi connectivity index (χ4n) is 15.3. The summed E-state index contributed by atoms with van der Waals surface area (Å²) in [6.45, 7) is 33.7. The van der Waals surface area contributed by atoms with Gasteiger partial charge < -0.3 is 38.3 Å². The summed E-state index contributed by atoms with van der Waals surface area (Å²) in [7, 11) is 0. The van der Waals surface area contributed by atoms with Crippen LogP contribution in [0.4, 0.5) is 62.9 Å². The van der Waals surface area contributed by atoms with Crippen molar-refractivity contribution in [2.75, 3.05) is 74.5 Å². The van der Waals surface area contributed by atoms with E-state index in [9.17, 15) is 65.1 Å². The highest BCUT2D eigenvalue weighted by Gasteiger charge is 2.31. The number of rotatable bonds is 29. The van der Waals surface area contributed by atoms with Crippen LogP contribution in [0.25, 0.3) is 0 Å². The molecule has 12 aromatic rings. The molecule has 26 nitrogen and oxygen atoms in total. The second kappa shape index (κ2) is 58.1. The van der Waals surface area contributed by atoms with E-state index < -0.39 is 31.4 Å². The molecule has 0 radical (unpaired) electrons. The highest BCUT2D eigenvalue weighted by Crippen LogP contribution is 2.45. The van der Waals surface area contributed by atoms with Gasteiger partial charge in [-0.15, -0.1) is 0 Å². The Morgan fingerprint density at radius 2 is 0.493 bits per heavy atom. The Morgan fingerprint density at radius 3 is 0.757 bits per heavy atom. The van der Waals surface area contributed by atoms with Crippen LogP contribution in [0.1, 0.15) is 161 Å². The average molecular weight is 2070 g/mol. The van der Waals surface area contributed by atoms with E-state index in [1.54, 1.807) is 98.2 Å². The summed E-state index contributed by atoms with van der Waals surface area (Å²) in [5.74, 6) is 5.77. The zero-order valence-electron chi connectivity index (χ0n) is 85.7. The maximum atomic E-state index is 11.9. The maximum absolute atomic E-state index is 11.9. The lowest BCUT2D eigenvalue weighted by molar-refractivity contribution is 0.223. The van der Waals surface area contributed by atoms with Crippen LogP contribution in [0.5, 0.6) is 40.2 Å². The Labute approximate surface area is 871 Å². The molecule has 0 unspecified atom stereocenters. The summed E-state index contributed by atoms with van der Waals surface area (Å²) in [6.07, 6.45) is 12.8. The SMILES string of the molecule is CCOc1cccc(N(O)C(=O)SC)c1COc1ccc(C)cc1C.CCc1cccc(N(O)C(=O)SC)c1COc1ccc(C)cc1C.CSC(=O)N(O)c1cccc(C)c1COc1ccc(C)cc1C.CSC(=O)N(O)c1cccc(C)c1COc1ccc(C)cc1C.CSC(=O)N(O)c1cccc(C2CC2)c1COc1ccc(C)cc1C.CSC(=O)N(O)c1cccc(CO)c1COc1ccc(C)cc1C. The van der Waals surface area contributed by atoms with Crippen molar-refractivity contribution < 1.29 is 98.3 Å². The van der Waals surface area contributed by atoms with E-state index in [0.717, 1.165) is 218 Å². The summed E-state index contributed by atoms with van der Waals surface area (Å²) in [4.78, 5) is 70.9. The average Bonchev–Trinajstić information content (AvgIpc) is 1.70. The molecule has 1 saturated carbocycles. The molecule has 0 aromatic heterocycles. The number of benzene rings is 12.